The van der Waals surface area contributed by atoms with Gasteiger partial charge >= 0.3 is 372 Å². The number of benzene rings is 10. The summed E-state index contributed by atoms with van der Waals surface area (Å²) in [6.07, 6.45) is 0. The minimum absolute atomic E-state index is 0.882. The fraction of sp³-hybridized carbons (Fsp3) is 0. The van der Waals surface area contributed by atoms with Crippen molar-refractivity contribution in [3.05, 3.63) is 249 Å². The van der Waals surface area contributed by atoms with E-state index in [1.807, 2.05) is 0 Å². The van der Waals surface area contributed by atoms with Gasteiger partial charge in [-0.3, -0.25) is 0 Å². The molecular formula is C60H41GeNO. The Hall–Kier alpha value is -7.66. The molecule has 0 saturated carbocycles. The zero-order chi connectivity index (χ0) is 41.7. The molecule has 10 aromatic carbocycles. The Balaban J connectivity index is 1.22. The van der Waals surface area contributed by atoms with E-state index in [9.17, 15) is 0 Å². The molecule has 2 heterocycles. The van der Waals surface area contributed by atoms with Gasteiger partial charge in [-0.1, -0.05) is 0 Å². The normalized spacial score (nSPS) is 12.9. The van der Waals surface area contributed by atoms with Crippen molar-refractivity contribution in [2.75, 3.05) is 4.90 Å². The quantitative estimate of drug-likeness (QED) is 0.148. The molecule has 0 fully saturated rings. The molecule has 0 aliphatic carbocycles. The molecule has 0 bridgehead atoms. The van der Waals surface area contributed by atoms with E-state index in [0.29, 0.717) is 0 Å². The second kappa shape index (κ2) is 15.4. The van der Waals surface area contributed by atoms with Crippen molar-refractivity contribution in [2.24, 2.45) is 0 Å². The Bertz CT molecular complexity index is 3280. The SMILES string of the molecule is c1ccc(-c2ccccc2-c2ccc3[c](c2)[Ge]([c]2ccccc2)([c]2ccccc2)[c]2cc(-c4ccccc4-c4ccccc4)ccc2N3c2cccc3c2oc2ccccc23)cc1. The Morgan fingerprint density at radius 2 is 0.714 bits per heavy atom. The summed E-state index contributed by atoms with van der Waals surface area (Å²) in [7, 11) is 0. The van der Waals surface area contributed by atoms with E-state index < -0.39 is 13.3 Å². The molecule has 2 nitrogen and oxygen atoms in total. The molecule has 0 saturated heterocycles. The summed E-state index contributed by atoms with van der Waals surface area (Å²) in [4.78, 5) is 2.50. The van der Waals surface area contributed by atoms with Crippen molar-refractivity contribution < 1.29 is 4.42 Å². The molecule has 0 amide bonds. The van der Waals surface area contributed by atoms with Gasteiger partial charge in [0.05, 0.1) is 0 Å². The minimum atomic E-state index is -3.99. The summed E-state index contributed by atoms with van der Waals surface area (Å²) in [5.74, 6) is 0. The van der Waals surface area contributed by atoms with Crippen LogP contribution in [-0.4, -0.2) is 13.3 Å². The third-order valence-electron chi connectivity index (χ3n) is 13.0. The summed E-state index contributed by atoms with van der Waals surface area (Å²) in [5.41, 5.74) is 14.8. The van der Waals surface area contributed by atoms with Crippen LogP contribution in [-0.2, 0) is 0 Å². The van der Waals surface area contributed by atoms with E-state index in [-0.39, 0.29) is 0 Å². The van der Waals surface area contributed by atoms with Crippen LogP contribution < -0.4 is 22.5 Å². The van der Waals surface area contributed by atoms with Crippen LogP contribution in [0.25, 0.3) is 66.4 Å². The molecule has 1 aromatic heterocycles. The number of para-hydroxylation sites is 2. The average Bonchev–Trinajstić information content (AvgIpc) is 3.76. The fourth-order valence-corrected chi connectivity index (χ4v) is 21.0. The molecule has 0 unspecified atom stereocenters. The van der Waals surface area contributed by atoms with Crippen molar-refractivity contribution in [3.8, 4) is 44.5 Å². The number of fused-ring (bicyclic) bond motifs is 5. The van der Waals surface area contributed by atoms with Crippen LogP contribution in [0.1, 0.15) is 0 Å². The number of hydrogen-bond donors (Lipinski definition) is 0. The summed E-state index contributed by atoms with van der Waals surface area (Å²) in [6.45, 7) is 0. The van der Waals surface area contributed by atoms with Crippen molar-refractivity contribution in [3.63, 3.8) is 0 Å². The van der Waals surface area contributed by atoms with Gasteiger partial charge < -0.3 is 0 Å². The maximum absolute atomic E-state index is 6.88. The Morgan fingerprint density at radius 1 is 0.302 bits per heavy atom. The van der Waals surface area contributed by atoms with Crippen LogP contribution in [0.15, 0.2) is 253 Å². The van der Waals surface area contributed by atoms with Crippen molar-refractivity contribution in [1.82, 2.24) is 0 Å². The number of nitrogens with zero attached hydrogens (tertiary/aromatic N) is 1. The van der Waals surface area contributed by atoms with E-state index in [4.69, 9.17) is 4.42 Å². The van der Waals surface area contributed by atoms with Gasteiger partial charge in [-0.25, -0.2) is 0 Å². The van der Waals surface area contributed by atoms with Crippen LogP contribution in [0.5, 0.6) is 0 Å². The second-order valence-electron chi connectivity index (χ2n) is 16.4. The fourth-order valence-electron chi connectivity index (χ4n) is 10.2. The first-order chi connectivity index (χ1) is 31.3. The standard InChI is InChI=1S/C60H41GeNO/c1-5-20-42(21-6-1)48-28-13-15-30-50(48)44-36-38-56-54(40-44)61(46-24-9-3-10-25-46,47-26-11-4-12-27-47)55-41-45(51-31-16-14-29-49(51)43-22-7-2-8-23-43)37-39-57(55)62(56)58-34-19-33-53-52-32-17-18-35-59(52)63-60(53)58/h1-41H. The zero-order valence-corrected chi connectivity index (χ0v) is 36.6. The third kappa shape index (κ3) is 6.01. The maximum atomic E-state index is 6.88. The number of hydrogen-bond acceptors (Lipinski definition) is 2. The predicted molar refractivity (Wildman–Crippen MR) is 267 cm³/mol. The average molecular weight is 865 g/mol. The predicted octanol–water partition coefficient (Wildman–Crippen LogP) is 13.4. The Kier molecular flexibility index (Phi) is 9.05. The van der Waals surface area contributed by atoms with E-state index in [1.165, 1.54) is 73.5 Å². The van der Waals surface area contributed by atoms with Crippen LogP contribution >= 0.6 is 0 Å². The molecular weight excluding hydrogens is 823 g/mol. The molecule has 1 aliphatic heterocycles. The van der Waals surface area contributed by atoms with Gasteiger partial charge in [0.15, 0.2) is 0 Å². The van der Waals surface area contributed by atoms with Gasteiger partial charge in [0.25, 0.3) is 0 Å². The topological polar surface area (TPSA) is 16.4 Å². The molecule has 0 spiro atoms. The van der Waals surface area contributed by atoms with Crippen LogP contribution in [0.4, 0.5) is 17.1 Å². The molecule has 11 aromatic rings. The van der Waals surface area contributed by atoms with Crippen LogP contribution in [0, 0.1) is 0 Å². The number of anilines is 3. The third-order valence-corrected chi connectivity index (χ3v) is 23.1. The molecule has 0 N–H and O–H groups in total. The van der Waals surface area contributed by atoms with E-state index in [1.54, 1.807) is 0 Å². The van der Waals surface area contributed by atoms with Gasteiger partial charge in [-0.15, -0.1) is 0 Å². The molecule has 1 aliphatic rings. The van der Waals surface area contributed by atoms with Gasteiger partial charge in [-0.2, -0.15) is 0 Å². The van der Waals surface area contributed by atoms with E-state index in [0.717, 1.165) is 27.6 Å². The molecule has 12 rings (SSSR count). The molecule has 63 heavy (non-hydrogen) atoms. The molecule has 3 heteroatoms. The molecule has 0 atom stereocenters. The van der Waals surface area contributed by atoms with E-state index >= 15 is 0 Å². The van der Waals surface area contributed by atoms with Gasteiger partial charge in [0.2, 0.25) is 0 Å². The Morgan fingerprint density at radius 3 is 1.22 bits per heavy atom. The first-order valence-electron chi connectivity index (χ1n) is 21.7. The first kappa shape index (κ1) is 37.1. The van der Waals surface area contributed by atoms with Crippen LogP contribution in [0.3, 0.4) is 0 Å². The van der Waals surface area contributed by atoms with E-state index in [2.05, 4.69) is 254 Å². The summed E-state index contributed by atoms with van der Waals surface area (Å²) >= 11 is -3.99. The summed E-state index contributed by atoms with van der Waals surface area (Å²) < 4.78 is 12.4. The number of rotatable bonds is 7. The monoisotopic (exact) mass is 865 g/mol. The van der Waals surface area contributed by atoms with Gasteiger partial charge in [0.1, 0.15) is 0 Å². The molecule has 296 valence electrons. The zero-order valence-electron chi connectivity index (χ0n) is 34.5. The van der Waals surface area contributed by atoms with Crippen molar-refractivity contribution in [1.29, 1.82) is 0 Å². The Labute approximate surface area is 370 Å². The van der Waals surface area contributed by atoms with Crippen LogP contribution in [0.2, 0.25) is 0 Å². The van der Waals surface area contributed by atoms with Gasteiger partial charge in [0, 0.05) is 0 Å². The summed E-state index contributed by atoms with van der Waals surface area (Å²) in [6, 6.07) is 91.7. The van der Waals surface area contributed by atoms with Crippen molar-refractivity contribution >= 4 is 69.9 Å². The molecule has 0 radical (unpaired) electrons. The van der Waals surface area contributed by atoms with Crippen molar-refractivity contribution in [2.45, 2.75) is 0 Å². The van der Waals surface area contributed by atoms with Gasteiger partial charge in [-0.05, 0) is 0 Å². The first-order valence-corrected chi connectivity index (χ1v) is 25.9. The number of furan rings is 1. The summed E-state index contributed by atoms with van der Waals surface area (Å²) in [5, 5.41) is 2.23. The second-order valence-corrected chi connectivity index (χ2v) is 24.2.